The number of carbonyl (C=O) groups is 1. The van der Waals surface area contributed by atoms with Crippen LogP contribution in [0.25, 0.3) is 0 Å². The summed E-state index contributed by atoms with van der Waals surface area (Å²) in [7, 11) is 4.58. The van der Waals surface area contributed by atoms with E-state index in [1.165, 1.54) is 12.8 Å². The van der Waals surface area contributed by atoms with Crippen LogP contribution >= 0.6 is 15.9 Å². The number of hydrogen-bond donors (Lipinski definition) is 1. The quantitative estimate of drug-likeness (QED) is 0.643. The fraction of sp³-hybridized carbons (Fsp3) is 0.611. The SMILES string of the molecule is C[N+]1(C)[C@@H]2CC[C@H]1CC(OC(=O)[C@@H](CO)c1ccc(Br)cc1)C2. The number of benzene rings is 1. The van der Waals surface area contributed by atoms with E-state index in [1.54, 1.807) is 0 Å². The molecule has 1 aromatic carbocycles. The number of hydrogen-bond acceptors (Lipinski definition) is 3. The number of aliphatic hydroxyl groups is 1. The van der Waals surface area contributed by atoms with Crippen LogP contribution in [-0.2, 0) is 9.53 Å². The van der Waals surface area contributed by atoms with Crippen LogP contribution < -0.4 is 0 Å². The number of ether oxygens (including phenoxy) is 1. The summed E-state index contributed by atoms with van der Waals surface area (Å²) in [4.78, 5) is 12.5. The maximum atomic E-state index is 12.5. The first-order valence-electron chi connectivity index (χ1n) is 8.32. The van der Waals surface area contributed by atoms with Gasteiger partial charge in [0.15, 0.2) is 0 Å². The van der Waals surface area contributed by atoms with Crippen molar-refractivity contribution in [1.29, 1.82) is 0 Å². The lowest BCUT2D eigenvalue weighted by molar-refractivity contribution is -0.931. The molecule has 1 N–H and O–H groups in total. The molecule has 2 bridgehead atoms. The fourth-order valence-electron chi connectivity index (χ4n) is 4.18. The smallest absolute Gasteiger partial charge is 0.316 e. The zero-order chi connectivity index (χ0) is 16.6. The molecule has 0 saturated carbocycles. The van der Waals surface area contributed by atoms with Gasteiger partial charge in [0.1, 0.15) is 12.0 Å². The minimum atomic E-state index is -0.592. The standard InChI is InChI=1S/C18H25BrNO3/c1-20(2)14-7-8-15(20)10-16(9-14)23-18(22)17(11-21)12-3-5-13(19)6-4-12/h3-6,14-17,21H,7-11H2,1-2H3/q+1/t14-,15+,16?,17-/m0/s1. The van der Waals surface area contributed by atoms with E-state index in [0.29, 0.717) is 12.1 Å². The Labute approximate surface area is 146 Å². The molecule has 2 aliphatic rings. The van der Waals surface area contributed by atoms with E-state index < -0.39 is 5.92 Å². The molecule has 4 nitrogen and oxygen atoms in total. The molecular formula is C18H25BrNO3+. The third-order valence-corrected chi connectivity index (χ3v) is 6.34. The molecule has 1 unspecified atom stereocenters. The molecule has 0 radical (unpaired) electrons. The van der Waals surface area contributed by atoms with Crippen LogP contribution in [-0.4, -0.2) is 54.4 Å². The maximum absolute atomic E-state index is 12.5. The van der Waals surface area contributed by atoms with Crippen molar-refractivity contribution in [2.24, 2.45) is 0 Å². The molecule has 1 aromatic rings. The second-order valence-corrected chi connectivity index (χ2v) is 8.25. The molecule has 2 aliphatic heterocycles. The highest BCUT2D eigenvalue weighted by molar-refractivity contribution is 9.10. The van der Waals surface area contributed by atoms with Crippen molar-refractivity contribution in [2.45, 2.75) is 49.8 Å². The van der Waals surface area contributed by atoms with Crippen LogP contribution in [0, 0.1) is 0 Å². The Balaban J connectivity index is 1.66. The van der Waals surface area contributed by atoms with Gasteiger partial charge in [-0.1, -0.05) is 28.1 Å². The van der Waals surface area contributed by atoms with Crippen LogP contribution in [0.2, 0.25) is 0 Å². The van der Waals surface area contributed by atoms with Gasteiger partial charge in [0.25, 0.3) is 0 Å². The molecule has 23 heavy (non-hydrogen) atoms. The summed E-state index contributed by atoms with van der Waals surface area (Å²) in [6, 6.07) is 8.66. The summed E-state index contributed by atoms with van der Waals surface area (Å²) in [5.41, 5.74) is 0.801. The van der Waals surface area contributed by atoms with E-state index in [4.69, 9.17) is 4.74 Å². The minimum Gasteiger partial charge on any atom is -0.461 e. The van der Waals surface area contributed by atoms with Crippen LogP contribution in [0.5, 0.6) is 0 Å². The summed E-state index contributed by atoms with van der Waals surface area (Å²) < 4.78 is 7.80. The summed E-state index contributed by atoms with van der Waals surface area (Å²) >= 11 is 3.38. The molecular weight excluding hydrogens is 358 g/mol. The molecule has 3 rings (SSSR count). The molecule has 5 heteroatoms. The first-order chi connectivity index (χ1) is 10.9. The predicted octanol–water partition coefficient (Wildman–Crippen LogP) is 2.84. The number of quaternary nitrogens is 1. The Morgan fingerprint density at radius 3 is 2.35 bits per heavy atom. The van der Waals surface area contributed by atoms with Crippen molar-refractivity contribution in [3.05, 3.63) is 34.3 Å². The number of piperidine rings is 1. The van der Waals surface area contributed by atoms with Gasteiger partial charge in [-0.05, 0) is 17.7 Å². The normalized spacial score (nSPS) is 30.0. The highest BCUT2D eigenvalue weighted by Crippen LogP contribution is 2.40. The highest BCUT2D eigenvalue weighted by Gasteiger charge is 2.50. The van der Waals surface area contributed by atoms with Crippen molar-refractivity contribution in [1.82, 2.24) is 0 Å². The topological polar surface area (TPSA) is 46.5 Å². The van der Waals surface area contributed by atoms with Crippen LogP contribution in [0.3, 0.4) is 0 Å². The predicted molar refractivity (Wildman–Crippen MR) is 92.0 cm³/mol. The summed E-state index contributed by atoms with van der Waals surface area (Å²) in [5, 5.41) is 9.63. The number of fused-ring (bicyclic) bond motifs is 2. The van der Waals surface area contributed by atoms with Crippen LogP contribution in [0.1, 0.15) is 37.2 Å². The first kappa shape index (κ1) is 16.9. The van der Waals surface area contributed by atoms with E-state index >= 15 is 0 Å². The van der Waals surface area contributed by atoms with Crippen molar-refractivity contribution in [3.8, 4) is 0 Å². The molecule has 126 valence electrons. The molecule has 4 atom stereocenters. The van der Waals surface area contributed by atoms with Gasteiger partial charge in [0.05, 0.1) is 32.8 Å². The Kier molecular flexibility index (Phi) is 4.81. The Bertz CT molecular complexity index is 556. The van der Waals surface area contributed by atoms with Gasteiger partial charge in [0, 0.05) is 30.2 Å². The molecule has 0 aromatic heterocycles. The third kappa shape index (κ3) is 3.32. The minimum absolute atomic E-state index is 0.00403. The number of nitrogens with zero attached hydrogens (tertiary/aromatic N) is 1. The van der Waals surface area contributed by atoms with Crippen LogP contribution in [0.4, 0.5) is 0 Å². The summed E-state index contributed by atoms with van der Waals surface area (Å²) in [5.74, 6) is -0.892. The molecule has 2 fully saturated rings. The average molecular weight is 383 g/mol. The number of aliphatic hydroxyl groups excluding tert-OH is 1. The zero-order valence-electron chi connectivity index (χ0n) is 13.7. The largest absolute Gasteiger partial charge is 0.461 e. The average Bonchev–Trinajstić information content (AvgIpc) is 2.67. The Hall–Kier alpha value is -0.910. The van der Waals surface area contributed by atoms with Gasteiger partial charge >= 0.3 is 5.97 Å². The van der Waals surface area contributed by atoms with E-state index in [0.717, 1.165) is 27.4 Å². The van der Waals surface area contributed by atoms with Gasteiger partial charge in [-0.25, -0.2) is 0 Å². The van der Waals surface area contributed by atoms with Gasteiger partial charge in [0.2, 0.25) is 0 Å². The Morgan fingerprint density at radius 1 is 1.26 bits per heavy atom. The van der Waals surface area contributed by atoms with E-state index in [9.17, 15) is 9.90 Å². The lowest BCUT2D eigenvalue weighted by Gasteiger charge is -2.44. The third-order valence-electron chi connectivity index (χ3n) is 5.81. The van der Waals surface area contributed by atoms with E-state index in [2.05, 4.69) is 30.0 Å². The maximum Gasteiger partial charge on any atom is 0.316 e. The van der Waals surface area contributed by atoms with Crippen molar-refractivity contribution >= 4 is 21.9 Å². The van der Waals surface area contributed by atoms with E-state index in [1.807, 2.05) is 24.3 Å². The fourth-order valence-corrected chi connectivity index (χ4v) is 4.45. The number of rotatable bonds is 4. The molecule has 0 amide bonds. The number of esters is 1. The van der Waals surface area contributed by atoms with Crippen molar-refractivity contribution in [3.63, 3.8) is 0 Å². The van der Waals surface area contributed by atoms with Gasteiger partial charge in [-0.3, -0.25) is 4.79 Å². The lowest BCUT2D eigenvalue weighted by atomic mass is 9.96. The summed E-state index contributed by atoms with van der Waals surface area (Å²) in [6.07, 6.45) is 4.32. The van der Waals surface area contributed by atoms with Gasteiger partial charge in [-0.15, -0.1) is 0 Å². The second kappa shape index (κ2) is 6.54. The number of carbonyl (C=O) groups excluding carboxylic acids is 1. The molecule has 2 heterocycles. The van der Waals surface area contributed by atoms with Crippen molar-refractivity contribution in [2.75, 3.05) is 20.7 Å². The molecule has 0 spiro atoms. The number of halogens is 1. The zero-order valence-corrected chi connectivity index (χ0v) is 15.3. The second-order valence-electron chi connectivity index (χ2n) is 7.33. The molecule has 0 aliphatic carbocycles. The highest BCUT2D eigenvalue weighted by atomic mass is 79.9. The monoisotopic (exact) mass is 382 g/mol. The van der Waals surface area contributed by atoms with Crippen molar-refractivity contribution < 1.29 is 19.1 Å². The first-order valence-corrected chi connectivity index (χ1v) is 9.11. The van der Waals surface area contributed by atoms with E-state index in [-0.39, 0.29) is 18.7 Å². The van der Waals surface area contributed by atoms with Gasteiger partial charge in [-0.2, -0.15) is 0 Å². The molecule has 2 saturated heterocycles. The van der Waals surface area contributed by atoms with Gasteiger partial charge < -0.3 is 14.3 Å². The van der Waals surface area contributed by atoms with Crippen LogP contribution in [0.15, 0.2) is 28.7 Å². The Morgan fingerprint density at radius 2 is 1.83 bits per heavy atom. The summed E-state index contributed by atoms with van der Waals surface area (Å²) in [6.45, 7) is -0.221. The lowest BCUT2D eigenvalue weighted by Crippen LogP contribution is -2.56.